The van der Waals surface area contributed by atoms with Gasteiger partial charge in [-0.15, -0.1) is 0 Å². The fourth-order valence-corrected chi connectivity index (χ4v) is 5.34. The van der Waals surface area contributed by atoms with Gasteiger partial charge in [-0.25, -0.2) is 13.2 Å². The van der Waals surface area contributed by atoms with Crippen molar-refractivity contribution in [3.8, 4) is 0 Å². The number of hydrogen-bond acceptors (Lipinski definition) is 5. The lowest BCUT2D eigenvalue weighted by Crippen LogP contribution is -2.32. The number of nitrogens with zero attached hydrogens (tertiary/aromatic N) is 1. The van der Waals surface area contributed by atoms with E-state index >= 15 is 0 Å². The van der Waals surface area contributed by atoms with Gasteiger partial charge in [0.1, 0.15) is 0 Å². The zero-order valence-electron chi connectivity index (χ0n) is 17.5. The van der Waals surface area contributed by atoms with E-state index in [0.717, 1.165) is 25.7 Å². The van der Waals surface area contributed by atoms with E-state index in [9.17, 15) is 18.0 Å². The van der Waals surface area contributed by atoms with Crippen LogP contribution < -0.4 is 5.32 Å². The lowest BCUT2D eigenvalue weighted by Gasteiger charge is -2.20. The fraction of sp³-hybridized carbons (Fsp3) is 0.364. The number of anilines is 1. The van der Waals surface area contributed by atoms with Crippen LogP contribution in [0.15, 0.2) is 47.4 Å². The molecule has 0 aliphatic carbocycles. The largest absolute Gasteiger partial charge is 0.449 e. The molecule has 1 amide bonds. The van der Waals surface area contributed by atoms with Crippen molar-refractivity contribution < 1.29 is 22.7 Å². The number of hydrogen-bond donors (Lipinski definition) is 1. The minimum absolute atomic E-state index is 0.0268. The van der Waals surface area contributed by atoms with E-state index < -0.39 is 28.0 Å². The van der Waals surface area contributed by atoms with E-state index in [0.29, 0.717) is 23.8 Å². The van der Waals surface area contributed by atoms with Crippen LogP contribution in [0.3, 0.4) is 0 Å². The Kier molecular flexibility index (Phi) is 8.16. The Bertz CT molecular complexity index is 1100. The topological polar surface area (TPSA) is 92.8 Å². The molecule has 1 aliphatic heterocycles. The summed E-state index contributed by atoms with van der Waals surface area (Å²) < 4.78 is 32.7. The normalized spacial score (nSPS) is 16.1. The summed E-state index contributed by atoms with van der Waals surface area (Å²) in [5.41, 5.74) is 0.375. The van der Waals surface area contributed by atoms with Crippen LogP contribution >= 0.6 is 23.2 Å². The summed E-state index contributed by atoms with van der Waals surface area (Å²) in [4.78, 5) is 25.0. The molecule has 10 heteroatoms. The van der Waals surface area contributed by atoms with Gasteiger partial charge in [-0.1, -0.05) is 42.1 Å². The first-order chi connectivity index (χ1) is 15.2. The molecule has 0 aromatic heterocycles. The molecule has 1 heterocycles. The standard InChI is InChI=1S/C22H24Cl2N2O5S/c1-15(21(27)25-20-10-9-17(23)14-19(20)24)31-22(28)16-7-6-8-18(13-16)32(29,30)26-11-4-2-3-5-12-26/h6-10,13-15H,2-5,11-12H2,1H3,(H,25,27)/t15-/m0/s1. The maximum absolute atomic E-state index is 13.0. The average molecular weight is 499 g/mol. The number of benzene rings is 2. The third-order valence-corrected chi connectivity index (χ3v) is 7.56. The van der Waals surface area contributed by atoms with Gasteiger partial charge < -0.3 is 10.1 Å². The Morgan fingerprint density at radius 3 is 2.38 bits per heavy atom. The van der Waals surface area contributed by atoms with Crippen molar-refractivity contribution in [2.24, 2.45) is 0 Å². The van der Waals surface area contributed by atoms with Crippen molar-refractivity contribution in [2.75, 3.05) is 18.4 Å². The predicted molar refractivity (Wildman–Crippen MR) is 124 cm³/mol. The van der Waals surface area contributed by atoms with Gasteiger partial charge in [0.15, 0.2) is 6.10 Å². The first-order valence-corrected chi connectivity index (χ1v) is 12.4. The highest BCUT2D eigenvalue weighted by Gasteiger charge is 2.27. The second-order valence-electron chi connectivity index (χ2n) is 7.51. The molecule has 3 rings (SSSR count). The number of esters is 1. The molecule has 1 aliphatic rings. The molecule has 2 aromatic carbocycles. The van der Waals surface area contributed by atoms with Crippen molar-refractivity contribution in [1.82, 2.24) is 4.31 Å². The smallest absolute Gasteiger partial charge is 0.338 e. The molecule has 1 saturated heterocycles. The van der Waals surface area contributed by atoms with Gasteiger partial charge in [0.05, 0.1) is 21.2 Å². The summed E-state index contributed by atoms with van der Waals surface area (Å²) in [5.74, 6) is -1.39. The number of nitrogens with one attached hydrogen (secondary N) is 1. The number of sulfonamides is 1. The molecule has 0 bridgehead atoms. The van der Waals surface area contributed by atoms with Gasteiger partial charge in [0.2, 0.25) is 10.0 Å². The first-order valence-electron chi connectivity index (χ1n) is 10.3. The quantitative estimate of drug-likeness (QED) is 0.580. The molecule has 172 valence electrons. The highest BCUT2D eigenvalue weighted by Crippen LogP contribution is 2.26. The Morgan fingerprint density at radius 2 is 1.72 bits per heavy atom. The Balaban J connectivity index is 1.69. The SMILES string of the molecule is C[C@H](OC(=O)c1cccc(S(=O)(=O)N2CCCCCC2)c1)C(=O)Nc1ccc(Cl)cc1Cl. The van der Waals surface area contributed by atoms with Crippen LogP contribution in [0.1, 0.15) is 43.0 Å². The molecule has 1 fully saturated rings. The summed E-state index contributed by atoms with van der Waals surface area (Å²) in [6, 6.07) is 10.2. The summed E-state index contributed by atoms with van der Waals surface area (Å²) in [5, 5.41) is 3.23. The van der Waals surface area contributed by atoms with Gasteiger partial charge in [-0.05, 0) is 56.2 Å². The van der Waals surface area contributed by atoms with Gasteiger partial charge in [-0.2, -0.15) is 4.31 Å². The van der Waals surface area contributed by atoms with Crippen LogP contribution in [0.25, 0.3) is 0 Å². The lowest BCUT2D eigenvalue weighted by atomic mass is 10.2. The van der Waals surface area contributed by atoms with Crippen LogP contribution in [0, 0.1) is 0 Å². The van der Waals surface area contributed by atoms with Crippen molar-refractivity contribution in [2.45, 2.75) is 43.6 Å². The molecule has 0 saturated carbocycles. The Hall–Kier alpha value is -2.13. The summed E-state index contributed by atoms with van der Waals surface area (Å²) in [6.07, 6.45) is 2.48. The molecule has 0 unspecified atom stereocenters. The third kappa shape index (κ3) is 6.01. The number of ether oxygens (including phenoxy) is 1. The molecule has 1 N–H and O–H groups in total. The van der Waals surface area contributed by atoms with Gasteiger partial charge in [0, 0.05) is 18.1 Å². The highest BCUT2D eigenvalue weighted by molar-refractivity contribution is 7.89. The molecule has 7 nitrogen and oxygen atoms in total. The maximum atomic E-state index is 13.0. The van der Waals surface area contributed by atoms with E-state index in [1.54, 1.807) is 6.07 Å². The maximum Gasteiger partial charge on any atom is 0.338 e. The number of carbonyl (C=O) groups is 2. The first kappa shape index (κ1) is 24.5. The Labute approximate surface area is 197 Å². The second-order valence-corrected chi connectivity index (χ2v) is 10.3. The van der Waals surface area contributed by atoms with Crippen molar-refractivity contribution in [1.29, 1.82) is 0 Å². The van der Waals surface area contributed by atoms with Gasteiger partial charge in [-0.3, -0.25) is 4.79 Å². The minimum atomic E-state index is -3.71. The third-order valence-electron chi connectivity index (χ3n) is 5.11. The molecule has 32 heavy (non-hydrogen) atoms. The second kappa shape index (κ2) is 10.7. The van der Waals surface area contributed by atoms with Crippen LogP contribution in [0.5, 0.6) is 0 Å². The molecule has 0 radical (unpaired) electrons. The minimum Gasteiger partial charge on any atom is -0.449 e. The van der Waals surface area contributed by atoms with Crippen LogP contribution in [-0.2, 0) is 19.6 Å². The van der Waals surface area contributed by atoms with Gasteiger partial charge >= 0.3 is 5.97 Å². The molecule has 2 aromatic rings. The summed E-state index contributed by atoms with van der Waals surface area (Å²) >= 11 is 11.9. The molecule has 1 atom stereocenters. The number of halogens is 2. The van der Waals surface area contributed by atoms with Crippen molar-refractivity contribution >= 4 is 50.8 Å². The van der Waals surface area contributed by atoms with E-state index in [2.05, 4.69) is 5.32 Å². The van der Waals surface area contributed by atoms with Crippen LogP contribution in [0.4, 0.5) is 5.69 Å². The lowest BCUT2D eigenvalue weighted by molar-refractivity contribution is -0.123. The summed E-state index contributed by atoms with van der Waals surface area (Å²) in [7, 11) is -3.71. The monoisotopic (exact) mass is 498 g/mol. The highest BCUT2D eigenvalue weighted by atomic mass is 35.5. The van der Waals surface area contributed by atoms with Crippen molar-refractivity contribution in [3.05, 3.63) is 58.1 Å². The summed E-state index contributed by atoms with van der Waals surface area (Å²) in [6.45, 7) is 2.33. The van der Waals surface area contributed by atoms with Crippen LogP contribution in [-0.4, -0.2) is 43.8 Å². The van der Waals surface area contributed by atoms with E-state index in [4.69, 9.17) is 27.9 Å². The van der Waals surface area contributed by atoms with E-state index in [1.165, 1.54) is 47.6 Å². The fourth-order valence-electron chi connectivity index (χ4n) is 3.32. The number of carbonyl (C=O) groups excluding carboxylic acids is 2. The average Bonchev–Trinajstić information content (AvgIpc) is 3.06. The Morgan fingerprint density at radius 1 is 1.03 bits per heavy atom. The van der Waals surface area contributed by atoms with E-state index in [1.807, 2.05) is 0 Å². The zero-order chi connectivity index (χ0) is 23.3. The van der Waals surface area contributed by atoms with Crippen LogP contribution in [0.2, 0.25) is 10.0 Å². The molecular formula is C22H24Cl2N2O5S. The molecule has 0 spiro atoms. The zero-order valence-corrected chi connectivity index (χ0v) is 19.8. The van der Waals surface area contributed by atoms with E-state index in [-0.39, 0.29) is 15.5 Å². The number of amides is 1. The van der Waals surface area contributed by atoms with Gasteiger partial charge in [0.25, 0.3) is 5.91 Å². The predicted octanol–water partition coefficient (Wildman–Crippen LogP) is 4.74. The molecular weight excluding hydrogens is 475 g/mol. The number of rotatable bonds is 6. The van der Waals surface area contributed by atoms with Crippen molar-refractivity contribution in [3.63, 3.8) is 0 Å².